The Hall–Kier alpha value is -2.83. The first-order chi connectivity index (χ1) is 16.5. The summed E-state index contributed by atoms with van der Waals surface area (Å²) in [5.41, 5.74) is 3.25. The van der Waals surface area contributed by atoms with E-state index in [1.807, 2.05) is 18.2 Å². The smallest absolute Gasteiger partial charge is 0.264 e. The van der Waals surface area contributed by atoms with Gasteiger partial charge in [-0.05, 0) is 66.8 Å². The Balaban J connectivity index is 1.59. The fraction of sp³-hybridized carbons (Fsp3) is 0.357. The van der Waals surface area contributed by atoms with Crippen molar-refractivity contribution in [3.8, 4) is 5.75 Å². The van der Waals surface area contributed by atoms with Crippen LogP contribution in [0.2, 0.25) is 0 Å². The Bertz CT molecular complexity index is 1140. The first-order valence-electron chi connectivity index (χ1n) is 12.0. The number of likely N-dealkylation sites (tertiary alicyclic amines) is 1. The molecular formula is C28H34N2O3S. The van der Waals surface area contributed by atoms with Crippen LogP contribution in [0.1, 0.15) is 37.3 Å². The monoisotopic (exact) mass is 478 g/mol. The number of anilines is 1. The maximum atomic E-state index is 13.9. The highest BCUT2D eigenvalue weighted by Crippen LogP contribution is 2.32. The van der Waals surface area contributed by atoms with Crippen LogP contribution in [0.5, 0.6) is 5.75 Å². The van der Waals surface area contributed by atoms with Crippen LogP contribution in [-0.4, -0.2) is 39.6 Å². The topological polar surface area (TPSA) is 49.9 Å². The van der Waals surface area contributed by atoms with Crippen molar-refractivity contribution in [2.75, 3.05) is 24.5 Å². The molecule has 0 atom stereocenters. The summed E-state index contributed by atoms with van der Waals surface area (Å²) in [4.78, 5) is 2.70. The Morgan fingerprint density at radius 2 is 1.53 bits per heavy atom. The van der Waals surface area contributed by atoms with Gasteiger partial charge >= 0.3 is 0 Å². The van der Waals surface area contributed by atoms with Crippen LogP contribution >= 0.6 is 0 Å². The second kappa shape index (κ2) is 11.1. The molecule has 1 saturated heterocycles. The van der Waals surface area contributed by atoms with E-state index in [9.17, 15) is 8.42 Å². The van der Waals surface area contributed by atoms with Gasteiger partial charge in [-0.15, -0.1) is 0 Å². The standard InChI is InChI=1S/C28H34N2O3S/c1-3-7-23-10-12-25(13-11-23)30(34(31,32)28-16-14-27(33-2)15-17-28)26-18-20-29(21-19-26)22-24-8-5-4-6-9-24/h4-6,8-17,26H,3,7,18-22H2,1-2H3. The lowest BCUT2D eigenvalue weighted by molar-refractivity contribution is 0.206. The largest absolute Gasteiger partial charge is 0.497 e. The van der Waals surface area contributed by atoms with Crippen LogP contribution in [0.3, 0.4) is 0 Å². The van der Waals surface area contributed by atoms with Gasteiger partial charge in [0.1, 0.15) is 5.75 Å². The molecule has 4 rings (SSSR count). The predicted octanol–water partition coefficient (Wildman–Crippen LogP) is 5.51. The number of nitrogens with zero attached hydrogens (tertiary/aromatic N) is 2. The van der Waals surface area contributed by atoms with E-state index in [0.717, 1.165) is 51.0 Å². The van der Waals surface area contributed by atoms with E-state index >= 15 is 0 Å². The van der Waals surface area contributed by atoms with Gasteiger partial charge in [-0.2, -0.15) is 0 Å². The van der Waals surface area contributed by atoms with Crippen molar-refractivity contribution in [3.63, 3.8) is 0 Å². The lowest BCUT2D eigenvalue weighted by atomic mass is 10.0. The Labute approximate surface area is 204 Å². The van der Waals surface area contributed by atoms with E-state index in [0.29, 0.717) is 5.75 Å². The third-order valence-electron chi connectivity index (χ3n) is 6.48. The van der Waals surface area contributed by atoms with Gasteiger partial charge in [-0.3, -0.25) is 9.21 Å². The molecule has 1 aliphatic heterocycles. The molecule has 1 heterocycles. The molecule has 0 amide bonds. The summed E-state index contributed by atoms with van der Waals surface area (Å²) in [7, 11) is -2.14. The zero-order valence-electron chi connectivity index (χ0n) is 20.1. The van der Waals surface area contributed by atoms with Crippen molar-refractivity contribution in [3.05, 3.63) is 90.0 Å². The normalized spacial score (nSPS) is 15.2. The number of methoxy groups -OCH3 is 1. The van der Waals surface area contributed by atoms with Gasteiger partial charge in [-0.1, -0.05) is 55.8 Å². The van der Waals surface area contributed by atoms with E-state index in [1.54, 1.807) is 35.7 Å². The van der Waals surface area contributed by atoms with Gasteiger partial charge in [0.25, 0.3) is 10.0 Å². The quantitative estimate of drug-likeness (QED) is 0.407. The first kappa shape index (κ1) is 24.3. The summed E-state index contributed by atoms with van der Waals surface area (Å²) in [6.07, 6.45) is 3.63. The predicted molar refractivity (Wildman–Crippen MR) is 138 cm³/mol. The van der Waals surface area contributed by atoms with E-state index in [2.05, 4.69) is 48.2 Å². The van der Waals surface area contributed by atoms with Crippen LogP contribution in [0.25, 0.3) is 0 Å². The van der Waals surface area contributed by atoms with Crippen LogP contribution < -0.4 is 9.04 Å². The van der Waals surface area contributed by atoms with E-state index in [-0.39, 0.29) is 10.9 Å². The highest BCUT2D eigenvalue weighted by molar-refractivity contribution is 7.92. The number of ether oxygens (including phenoxy) is 1. The number of hydrogen-bond acceptors (Lipinski definition) is 4. The Morgan fingerprint density at radius 1 is 0.882 bits per heavy atom. The molecule has 0 saturated carbocycles. The van der Waals surface area contributed by atoms with Crippen LogP contribution in [0.4, 0.5) is 5.69 Å². The van der Waals surface area contributed by atoms with Crippen LogP contribution in [-0.2, 0) is 23.0 Å². The molecule has 0 unspecified atom stereocenters. The molecule has 6 heteroatoms. The van der Waals surface area contributed by atoms with Crippen molar-refractivity contribution < 1.29 is 13.2 Å². The van der Waals surface area contributed by atoms with Gasteiger partial charge in [-0.25, -0.2) is 8.42 Å². The highest BCUT2D eigenvalue weighted by Gasteiger charge is 2.34. The molecule has 0 N–H and O–H groups in total. The second-order valence-corrected chi connectivity index (χ2v) is 10.7. The molecule has 34 heavy (non-hydrogen) atoms. The number of hydrogen-bond donors (Lipinski definition) is 0. The lowest BCUT2D eigenvalue weighted by Gasteiger charge is -2.39. The number of piperidine rings is 1. The lowest BCUT2D eigenvalue weighted by Crippen LogP contribution is -2.47. The molecule has 0 bridgehead atoms. The molecule has 5 nitrogen and oxygen atoms in total. The Morgan fingerprint density at radius 3 is 2.12 bits per heavy atom. The molecule has 0 radical (unpaired) electrons. The number of benzene rings is 3. The van der Waals surface area contributed by atoms with Crippen molar-refractivity contribution in [2.45, 2.75) is 50.1 Å². The van der Waals surface area contributed by atoms with Gasteiger partial charge in [0.05, 0.1) is 17.7 Å². The van der Waals surface area contributed by atoms with Gasteiger partial charge < -0.3 is 4.74 Å². The number of aryl methyl sites for hydroxylation is 1. The third kappa shape index (κ3) is 5.62. The average molecular weight is 479 g/mol. The van der Waals surface area contributed by atoms with E-state index in [4.69, 9.17) is 4.74 Å². The molecular weight excluding hydrogens is 444 g/mol. The van der Waals surface area contributed by atoms with Crippen LogP contribution in [0, 0.1) is 0 Å². The van der Waals surface area contributed by atoms with Crippen molar-refractivity contribution in [2.24, 2.45) is 0 Å². The van der Waals surface area contributed by atoms with Gasteiger partial charge in [0.15, 0.2) is 0 Å². The minimum absolute atomic E-state index is 0.0869. The molecule has 3 aromatic rings. The van der Waals surface area contributed by atoms with Crippen molar-refractivity contribution in [1.29, 1.82) is 0 Å². The highest BCUT2D eigenvalue weighted by atomic mass is 32.2. The summed E-state index contributed by atoms with van der Waals surface area (Å²) in [5, 5.41) is 0. The summed E-state index contributed by atoms with van der Waals surface area (Å²) in [5.74, 6) is 0.642. The summed E-state index contributed by atoms with van der Waals surface area (Å²) < 4.78 is 34.7. The number of rotatable bonds is 9. The fourth-order valence-electron chi connectivity index (χ4n) is 4.66. The van der Waals surface area contributed by atoms with Gasteiger partial charge in [0, 0.05) is 25.7 Å². The summed E-state index contributed by atoms with van der Waals surface area (Å²) in [6, 6.07) is 25.1. The first-order valence-corrected chi connectivity index (χ1v) is 13.5. The fourth-order valence-corrected chi connectivity index (χ4v) is 6.37. The molecule has 1 aliphatic rings. The molecule has 1 fully saturated rings. The molecule has 0 aromatic heterocycles. The maximum Gasteiger partial charge on any atom is 0.264 e. The Kier molecular flexibility index (Phi) is 7.91. The molecule has 3 aromatic carbocycles. The maximum absolute atomic E-state index is 13.9. The van der Waals surface area contributed by atoms with E-state index in [1.165, 1.54) is 11.1 Å². The van der Waals surface area contributed by atoms with Crippen molar-refractivity contribution >= 4 is 15.7 Å². The third-order valence-corrected chi connectivity index (χ3v) is 8.38. The minimum Gasteiger partial charge on any atom is -0.497 e. The number of sulfonamides is 1. The zero-order valence-corrected chi connectivity index (χ0v) is 20.9. The zero-order chi connectivity index (χ0) is 24.0. The summed E-state index contributed by atoms with van der Waals surface area (Å²) >= 11 is 0. The molecule has 0 spiro atoms. The SMILES string of the molecule is CCCc1ccc(N(C2CCN(Cc3ccccc3)CC2)S(=O)(=O)c2ccc(OC)cc2)cc1. The van der Waals surface area contributed by atoms with Crippen LogP contribution in [0.15, 0.2) is 83.8 Å². The second-order valence-electron chi connectivity index (χ2n) is 8.89. The minimum atomic E-state index is -3.72. The van der Waals surface area contributed by atoms with E-state index < -0.39 is 10.0 Å². The average Bonchev–Trinajstić information content (AvgIpc) is 2.87. The summed E-state index contributed by atoms with van der Waals surface area (Å²) in [6.45, 7) is 4.77. The van der Waals surface area contributed by atoms with Gasteiger partial charge in [0.2, 0.25) is 0 Å². The molecule has 180 valence electrons. The molecule has 0 aliphatic carbocycles. The van der Waals surface area contributed by atoms with Crippen molar-refractivity contribution in [1.82, 2.24) is 4.90 Å².